The molecule has 1 aliphatic heterocycles. The minimum atomic E-state index is -0.472. The molecule has 2 heterocycles. The van der Waals surface area contributed by atoms with Crippen LogP contribution in [0.5, 0.6) is 0 Å². The summed E-state index contributed by atoms with van der Waals surface area (Å²) in [5, 5.41) is 16.4. The molecular weight excluding hydrogens is 306 g/mol. The largest absolute Gasteiger partial charge is 0.456 e. The van der Waals surface area contributed by atoms with E-state index in [2.05, 4.69) is 10.6 Å². The molecule has 0 atom stereocenters. The highest BCUT2D eigenvalue weighted by molar-refractivity contribution is 7.80. The Morgan fingerprint density at radius 3 is 2.64 bits per heavy atom. The number of amides is 1. The zero-order valence-electron chi connectivity index (χ0n) is 11.0. The normalized spacial score (nSPS) is 15.7. The summed E-state index contributed by atoms with van der Waals surface area (Å²) in [5.41, 5.74) is 0.582. The standard InChI is InChI=1S/C14H9N3O4S/c18-13-10(15-14(22)16-13)7-8-5-6-12(21-8)9-3-1-2-4-11(9)17(19)20/h1-7H,(H2,15,16,18,22). The lowest BCUT2D eigenvalue weighted by Crippen LogP contribution is -2.21. The number of furan rings is 1. The van der Waals surface area contributed by atoms with Crippen LogP contribution >= 0.6 is 12.2 Å². The lowest BCUT2D eigenvalue weighted by molar-refractivity contribution is -0.384. The molecule has 2 N–H and O–H groups in total. The second kappa shape index (κ2) is 5.41. The number of para-hydroxylation sites is 1. The Bertz CT molecular complexity index is 825. The van der Waals surface area contributed by atoms with Crippen LogP contribution in [0.15, 0.2) is 46.5 Å². The van der Waals surface area contributed by atoms with Crippen LogP contribution in [0, 0.1) is 10.1 Å². The van der Waals surface area contributed by atoms with Gasteiger partial charge in [0.2, 0.25) is 0 Å². The third kappa shape index (κ3) is 2.59. The van der Waals surface area contributed by atoms with E-state index in [9.17, 15) is 14.9 Å². The molecule has 22 heavy (non-hydrogen) atoms. The first-order valence-electron chi connectivity index (χ1n) is 6.22. The molecular formula is C14H9N3O4S. The molecule has 0 spiro atoms. The first-order chi connectivity index (χ1) is 10.5. The monoisotopic (exact) mass is 315 g/mol. The molecule has 1 fully saturated rings. The Hall–Kier alpha value is -3.00. The SMILES string of the molecule is O=C1NC(=S)NC1=Cc1ccc(-c2ccccc2[N+](=O)[O-])o1. The number of nitrogens with zero attached hydrogens (tertiary/aromatic N) is 1. The van der Waals surface area contributed by atoms with Gasteiger partial charge < -0.3 is 9.73 Å². The Kier molecular flexibility index (Phi) is 3.43. The van der Waals surface area contributed by atoms with Crippen molar-refractivity contribution in [2.24, 2.45) is 0 Å². The number of hydrogen-bond acceptors (Lipinski definition) is 5. The zero-order valence-corrected chi connectivity index (χ0v) is 11.8. The van der Waals surface area contributed by atoms with Gasteiger partial charge in [0.05, 0.1) is 10.5 Å². The fourth-order valence-corrected chi connectivity index (χ4v) is 2.24. The van der Waals surface area contributed by atoms with Crippen molar-refractivity contribution in [1.82, 2.24) is 10.6 Å². The van der Waals surface area contributed by atoms with Gasteiger partial charge in [0.1, 0.15) is 17.2 Å². The summed E-state index contributed by atoms with van der Waals surface area (Å²) in [6, 6.07) is 9.51. The maximum Gasteiger partial charge on any atom is 0.280 e. The molecule has 1 amide bonds. The number of nitro groups is 1. The zero-order chi connectivity index (χ0) is 15.7. The van der Waals surface area contributed by atoms with Gasteiger partial charge in [0.25, 0.3) is 11.6 Å². The summed E-state index contributed by atoms with van der Waals surface area (Å²) in [4.78, 5) is 22.1. The van der Waals surface area contributed by atoms with Gasteiger partial charge in [-0.25, -0.2) is 0 Å². The minimum Gasteiger partial charge on any atom is -0.456 e. The van der Waals surface area contributed by atoms with Crippen molar-refractivity contribution in [2.75, 3.05) is 0 Å². The number of benzene rings is 1. The van der Waals surface area contributed by atoms with Crippen LogP contribution in [-0.2, 0) is 4.79 Å². The lowest BCUT2D eigenvalue weighted by atomic mass is 10.1. The van der Waals surface area contributed by atoms with Gasteiger partial charge in [-0.15, -0.1) is 0 Å². The van der Waals surface area contributed by atoms with Crippen molar-refractivity contribution in [3.8, 4) is 11.3 Å². The van der Waals surface area contributed by atoms with Crippen molar-refractivity contribution in [3.63, 3.8) is 0 Å². The number of carbonyl (C=O) groups is 1. The fourth-order valence-electron chi connectivity index (χ4n) is 2.04. The van der Waals surface area contributed by atoms with Crippen molar-refractivity contribution in [2.45, 2.75) is 0 Å². The fraction of sp³-hybridized carbons (Fsp3) is 0. The Morgan fingerprint density at radius 1 is 1.18 bits per heavy atom. The van der Waals surface area contributed by atoms with Crippen LogP contribution < -0.4 is 10.6 Å². The number of thiocarbonyl (C=S) groups is 1. The van der Waals surface area contributed by atoms with Crippen molar-refractivity contribution in [3.05, 3.63) is 58.0 Å². The molecule has 8 heteroatoms. The lowest BCUT2D eigenvalue weighted by Gasteiger charge is -1.98. The first kappa shape index (κ1) is 14.0. The third-order valence-electron chi connectivity index (χ3n) is 3.00. The van der Waals surface area contributed by atoms with Gasteiger partial charge in [0.15, 0.2) is 5.11 Å². The Labute approximate surface area is 129 Å². The first-order valence-corrected chi connectivity index (χ1v) is 6.63. The molecule has 3 rings (SSSR count). The molecule has 0 bridgehead atoms. The smallest absolute Gasteiger partial charge is 0.280 e. The van der Waals surface area contributed by atoms with Gasteiger partial charge in [-0.05, 0) is 30.4 Å². The van der Waals surface area contributed by atoms with E-state index >= 15 is 0 Å². The molecule has 1 saturated heterocycles. The highest BCUT2D eigenvalue weighted by Gasteiger charge is 2.21. The van der Waals surface area contributed by atoms with Gasteiger partial charge >= 0.3 is 0 Å². The maximum absolute atomic E-state index is 11.5. The van der Waals surface area contributed by atoms with Crippen molar-refractivity contribution >= 4 is 35.0 Å². The summed E-state index contributed by atoms with van der Waals surface area (Å²) in [6.45, 7) is 0. The topological polar surface area (TPSA) is 97.4 Å². The second-order valence-corrected chi connectivity index (χ2v) is 4.85. The van der Waals surface area contributed by atoms with E-state index in [1.54, 1.807) is 30.3 Å². The number of rotatable bonds is 3. The van der Waals surface area contributed by atoms with Crippen molar-refractivity contribution in [1.29, 1.82) is 0 Å². The van der Waals surface area contributed by atoms with E-state index in [0.717, 1.165) is 0 Å². The number of nitro benzene ring substituents is 1. The van der Waals surface area contributed by atoms with E-state index in [4.69, 9.17) is 16.6 Å². The van der Waals surface area contributed by atoms with Crippen LogP contribution in [0.3, 0.4) is 0 Å². The van der Waals surface area contributed by atoms with E-state index in [0.29, 0.717) is 17.1 Å². The molecule has 0 unspecified atom stereocenters. The van der Waals surface area contributed by atoms with Gasteiger partial charge in [-0.2, -0.15) is 0 Å². The number of carbonyl (C=O) groups excluding carboxylic acids is 1. The van der Waals surface area contributed by atoms with Crippen molar-refractivity contribution < 1.29 is 14.1 Å². The molecule has 0 aliphatic carbocycles. The molecule has 7 nitrogen and oxygen atoms in total. The predicted molar refractivity (Wildman–Crippen MR) is 82.7 cm³/mol. The molecule has 110 valence electrons. The maximum atomic E-state index is 11.5. The van der Waals surface area contributed by atoms with Crippen LogP contribution in [0.25, 0.3) is 17.4 Å². The van der Waals surface area contributed by atoms with E-state index in [1.165, 1.54) is 12.1 Å². The van der Waals surface area contributed by atoms with Crippen LogP contribution in [0.1, 0.15) is 5.76 Å². The summed E-state index contributed by atoms with van der Waals surface area (Å²) in [6.07, 6.45) is 1.48. The van der Waals surface area contributed by atoms with E-state index in [1.807, 2.05) is 0 Å². The van der Waals surface area contributed by atoms with Crippen LogP contribution in [0.2, 0.25) is 0 Å². The molecule has 1 aliphatic rings. The predicted octanol–water partition coefficient (Wildman–Crippen LogP) is 2.20. The third-order valence-corrected chi connectivity index (χ3v) is 3.20. The second-order valence-electron chi connectivity index (χ2n) is 4.44. The number of nitrogens with one attached hydrogen (secondary N) is 2. The van der Waals surface area contributed by atoms with E-state index in [-0.39, 0.29) is 22.4 Å². The summed E-state index contributed by atoms with van der Waals surface area (Å²) >= 11 is 4.83. The average Bonchev–Trinajstić information content (AvgIpc) is 3.06. The number of hydrogen-bond donors (Lipinski definition) is 2. The van der Waals surface area contributed by atoms with E-state index < -0.39 is 4.92 Å². The summed E-state index contributed by atoms with van der Waals surface area (Å²) in [7, 11) is 0. The Morgan fingerprint density at radius 2 is 1.95 bits per heavy atom. The summed E-state index contributed by atoms with van der Waals surface area (Å²) < 4.78 is 5.56. The Balaban J connectivity index is 1.95. The van der Waals surface area contributed by atoms with Crippen LogP contribution in [-0.4, -0.2) is 15.9 Å². The van der Waals surface area contributed by atoms with Gasteiger partial charge in [-0.1, -0.05) is 12.1 Å². The summed E-state index contributed by atoms with van der Waals surface area (Å²) in [5.74, 6) is 0.379. The molecule has 1 aromatic carbocycles. The van der Waals surface area contributed by atoms with Crippen LogP contribution in [0.4, 0.5) is 5.69 Å². The minimum absolute atomic E-state index is 0.0473. The highest BCUT2D eigenvalue weighted by atomic mass is 32.1. The van der Waals surface area contributed by atoms with Gasteiger partial charge in [-0.3, -0.25) is 20.2 Å². The quantitative estimate of drug-likeness (QED) is 0.390. The molecule has 0 radical (unpaired) electrons. The highest BCUT2D eigenvalue weighted by Crippen LogP contribution is 2.31. The molecule has 0 saturated carbocycles. The average molecular weight is 315 g/mol. The molecule has 1 aromatic heterocycles. The molecule has 2 aromatic rings. The van der Waals surface area contributed by atoms with Gasteiger partial charge in [0, 0.05) is 12.1 Å².